The van der Waals surface area contributed by atoms with Gasteiger partial charge in [-0.3, -0.25) is 4.79 Å². The monoisotopic (exact) mass is 171 g/mol. The Balaban J connectivity index is 2.54. The van der Waals surface area contributed by atoms with Gasteiger partial charge in [0.2, 0.25) is 0 Å². The summed E-state index contributed by atoms with van der Waals surface area (Å²) in [6.07, 6.45) is 4.04. The van der Waals surface area contributed by atoms with Gasteiger partial charge in [-0.2, -0.15) is 0 Å². The molecule has 0 bridgehead atoms. The Labute approximate surface area is 72.9 Å². The van der Waals surface area contributed by atoms with E-state index in [0.29, 0.717) is 6.42 Å². The van der Waals surface area contributed by atoms with Gasteiger partial charge in [-0.15, -0.1) is 0 Å². The molecule has 1 fully saturated rings. The second-order valence-corrected chi connectivity index (χ2v) is 4.56. The quantitative estimate of drug-likeness (QED) is 0.674. The molecule has 0 spiro atoms. The first-order valence-electron chi connectivity index (χ1n) is 4.38. The Kier molecular flexibility index (Phi) is 2.17. The summed E-state index contributed by atoms with van der Waals surface area (Å²) in [4.78, 5) is 10.7. The van der Waals surface area contributed by atoms with E-state index in [1.54, 1.807) is 6.92 Å². The summed E-state index contributed by atoms with van der Waals surface area (Å²) in [5.74, 6) is -0.893. The number of carboxylic acid groups (broad SMARTS) is 1. The molecule has 1 saturated carbocycles. The van der Waals surface area contributed by atoms with Gasteiger partial charge in [-0.1, -0.05) is 13.3 Å². The van der Waals surface area contributed by atoms with E-state index in [9.17, 15) is 4.79 Å². The number of hydrogen-bond acceptors (Lipinski definition) is 2. The van der Waals surface area contributed by atoms with Gasteiger partial charge in [-0.05, 0) is 31.6 Å². The molecule has 0 aromatic rings. The molecule has 0 amide bonds. The van der Waals surface area contributed by atoms with Crippen molar-refractivity contribution in [2.75, 3.05) is 0 Å². The van der Waals surface area contributed by atoms with Crippen LogP contribution in [0.4, 0.5) is 0 Å². The lowest BCUT2D eigenvalue weighted by atomic mass is 9.64. The van der Waals surface area contributed by atoms with Gasteiger partial charge < -0.3 is 10.8 Å². The third-order valence-electron chi connectivity index (χ3n) is 2.84. The largest absolute Gasteiger partial charge is 0.480 e. The minimum absolute atomic E-state index is 0.182. The van der Waals surface area contributed by atoms with Crippen molar-refractivity contribution in [3.63, 3.8) is 0 Å². The Hall–Kier alpha value is -0.570. The third kappa shape index (κ3) is 1.78. The lowest BCUT2D eigenvalue weighted by Crippen LogP contribution is -2.49. The van der Waals surface area contributed by atoms with Crippen LogP contribution in [0, 0.1) is 5.41 Å². The van der Waals surface area contributed by atoms with Gasteiger partial charge >= 0.3 is 5.97 Å². The van der Waals surface area contributed by atoms with E-state index in [4.69, 9.17) is 10.8 Å². The maximum Gasteiger partial charge on any atom is 0.323 e. The number of carboxylic acids is 1. The predicted octanol–water partition coefficient (Wildman–Crippen LogP) is 1.37. The Morgan fingerprint density at radius 2 is 2.17 bits per heavy atom. The van der Waals surface area contributed by atoms with Gasteiger partial charge in [0.15, 0.2) is 0 Å². The number of rotatable bonds is 3. The van der Waals surface area contributed by atoms with Gasteiger partial charge in [0.25, 0.3) is 0 Å². The summed E-state index contributed by atoms with van der Waals surface area (Å²) >= 11 is 0. The molecular formula is C9H17NO2. The van der Waals surface area contributed by atoms with Crippen molar-refractivity contribution in [1.82, 2.24) is 0 Å². The molecule has 1 aliphatic rings. The zero-order valence-corrected chi connectivity index (χ0v) is 7.76. The summed E-state index contributed by atoms with van der Waals surface area (Å²) in [5.41, 5.74) is 4.79. The van der Waals surface area contributed by atoms with Crippen LogP contribution in [0.2, 0.25) is 0 Å². The average Bonchev–Trinajstić information content (AvgIpc) is 1.83. The highest BCUT2D eigenvalue weighted by atomic mass is 16.4. The van der Waals surface area contributed by atoms with E-state index in [2.05, 4.69) is 6.92 Å². The zero-order valence-electron chi connectivity index (χ0n) is 7.76. The molecular weight excluding hydrogens is 154 g/mol. The summed E-state index contributed by atoms with van der Waals surface area (Å²) in [7, 11) is 0. The first-order valence-corrected chi connectivity index (χ1v) is 4.38. The molecule has 3 N–H and O–H groups in total. The molecule has 3 heteroatoms. The topological polar surface area (TPSA) is 63.3 Å². The normalized spacial score (nSPS) is 25.6. The molecule has 1 rings (SSSR count). The molecule has 0 aromatic heterocycles. The fraction of sp³-hybridized carbons (Fsp3) is 0.889. The van der Waals surface area contributed by atoms with Crippen LogP contribution in [0.1, 0.15) is 39.5 Å². The fourth-order valence-corrected chi connectivity index (χ4v) is 1.92. The summed E-state index contributed by atoms with van der Waals surface area (Å²) in [5, 5.41) is 8.80. The van der Waals surface area contributed by atoms with Crippen molar-refractivity contribution in [1.29, 1.82) is 0 Å². The van der Waals surface area contributed by atoms with E-state index in [0.717, 1.165) is 12.8 Å². The molecule has 3 nitrogen and oxygen atoms in total. The van der Waals surface area contributed by atoms with E-state index in [1.807, 2.05) is 0 Å². The average molecular weight is 171 g/mol. The van der Waals surface area contributed by atoms with Crippen LogP contribution in [0.25, 0.3) is 0 Å². The van der Waals surface area contributed by atoms with Crippen LogP contribution in [0.5, 0.6) is 0 Å². The van der Waals surface area contributed by atoms with Crippen LogP contribution in [-0.2, 0) is 4.79 Å². The predicted molar refractivity (Wildman–Crippen MR) is 46.8 cm³/mol. The molecule has 1 aliphatic carbocycles. The number of aliphatic carboxylic acids is 1. The van der Waals surface area contributed by atoms with E-state index < -0.39 is 11.5 Å². The van der Waals surface area contributed by atoms with Crippen molar-refractivity contribution < 1.29 is 9.90 Å². The molecule has 1 unspecified atom stereocenters. The molecule has 0 saturated heterocycles. The zero-order chi connectivity index (χ0) is 9.41. The molecule has 70 valence electrons. The first-order chi connectivity index (χ1) is 5.36. The first kappa shape index (κ1) is 9.52. The van der Waals surface area contributed by atoms with E-state index >= 15 is 0 Å². The van der Waals surface area contributed by atoms with Crippen molar-refractivity contribution >= 4 is 5.97 Å². The molecule has 0 aliphatic heterocycles. The highest BCUT2D eigenvalue weighted by Crippen LogP contribution is 2.45. The Morgan fingerprint density at radius 1 is 1.67 bits per heavy atom. The Bertz CT molecular complexity index is 195. The lowest BCUT2D eigenvalue weighted by Gasteiger charge is -2.42. The molecule has 1 atom stereocenters. The van der Waals surface area contributed by atoms with Crippen molar-refractivity contribution in [2.45, 2.75) is 45.1 Å². The highest BCUT2D eigenvalue weighted by molar-refractivity contribution is 5.77. The third-order valence-corrected chi connectivity index (χ3v) is 2.84. The highest BCUT2D eigenvalue weighted by Gasteiger charge is 2.41. The molecule has 12 heavy (non-hydrogen) atoms. The lowest BCUT2D eigenvalue weighted by molar-refractivity contribution is -0.144. The SMILES string of the molecule is CC1(CC(C)(N)C(=O)O)CCC1. The van der Waals surface area contributed by atoms with Crippen LogP contribution in [0.3, 0.4) is 0 Å². The van der Waals surface area contributed by atoms with Crippen LogP contribution in [-0.4, -0.2) is 16.6 Å². The van der Waals surface area contributed by atoms with E-state index in [-0.39, 0.29) is 5.41 Å². The second-order valence-electron chi connectivity index (χ2n) is 4.56. The fourth-order valence-electron chi connectivity index (χ4n) is 1.92. The minimum Gasteiger partial charge on any atom is -0.480 e. The van der Waals surface area contributed by atoms with Gasteiger partial charge in [-0.25, -0.2) is 0 Å². The van der Waals surface area contributed by atoms with Crippen LogP contribution < -0.4 is 5.73 Å². The van der Waals surface area contributed by atoms with Crippen molar-refractivity contribution in [3.8, 4) is 0 Å². The molecule has 0 aromatic carbocycles. The maximum atomic E-state index is 10.7. The standard InChI is InChI=1S/C9H17NO2/c1-8(4-3-5-8)6-9(2,10)7(11)12/h3-6,10H2,1-2H3,(H,11,12). The van der Waals surface area contributed by atoms with E-state index in [1.165, 1.54) is 6.42 Å². The number of carbonyl (C=O) groups is 1. The van der Waals surface area contributed by atoms with Crippen molar-refractivity contribution in [3.05, 3.63) is 0 Å². The summed E-state index contributed by atoms with van der Waals surface area (Å²) < 4.78 is 0. The molecule has 0 heterocycles. The Morgan fingerprint density at radius 3 is 2.42 bits per heavy atom. The summed E-state index contributed by atoms with van der Waals surface area (Å²) in [6.45, 7) is 3.71. The van der Waals surface area contributed by atoms with Crippen LogP contribution in [0.15, 0.2) is 0 Å². The van der Waals surface area contributed by atoms with Crippen molar-refractivity contribution in [2.24, 2.45) is 11.1 Å². The second kappa shape index (κ2) is 2.73. The number of hydrogen-bond donors (Lipinski definition) is 2. The van der Waals surface area contributed by atoms with Crippen LogP contribution >= 0.6 is 0 Å². The number of nitrogens with two attached hydrogens (primary N) is 1. The maximum absolute atomic E-state index is 10.7. The smallest absolute Gasteiger partial charge is 0.323 e. The minimum atomic E-state index is -1.05. The summed E-state index contributed by atoms with van der Waals surface area (Å²) in [6, 6.07) is 0. The van der Waals surface area contributed by atoms with Gasteiger partial charge in [0.05, 0.1) is 0 Å². The van der Waals surface area contributed by atoms with Gasteiger partial charge in [0.1, 0.15) is 5.54 Å². The molecule has 0 radical (unpaired) electrons. The van der Waals surface area contributed by atoms with Gasteiger partial charge in [0, 0.05) is 0 Å².